The van der Waals surface area contributed by atoms with E-state index < -0.39 is 0 Å². The number of carbonyl (C=O) groups is 2. The summed E-state index contributed by atoms with van der Waals surface area (Å²) in [5.74, 6) is 0.655. The standard InChI is InChI=1S/C20H22N2O3/c1-3-14(2)15-8-10-16(11-9-15)21-19(23)12-22-17-6-4-5-7-18(17)25-13-20(22)24/h4-11,14H,3,12-13H2,1-2H3,(H,21,23). The second-order valence-corrected chi connectivity index (χ2v) is 6.22. The maximum Gasteiger partial charge on any atom is 0.265 e. The zero-order chi connectivity index (χ0) is 17.8. The molecule has 2 aromatic carbocycles. The van der Waals surface area contributed by atoms with Crippen LogP contribution in [0.2, 0.25) is 0 Å². The fraction of sp³-hybridized carbons (Fsp3) is 0.300. The first-order valence-corrected chi connectivity index (χ1v) is 8.50. The highest BCUT2D eigenvalue weighted by atomic mass is 16.5. The summed E-state index contributed by atoms with van der Waals surface area (Å²) in [6, 6.07) is 15.1. The van der Waals surface area contributed by atoms with E-state index >= 15 is 0 Å². The van der Waals surface area contributed by atoms with Gasteiger partial charge in [0.05, 0.1) is 5.69 Å². The second kappa shape index (κ2) is 7.38. The molecule has 0 spiro atoms. The van der Waals surface area contributed by atoms with Crippen molar-refractivity contribution in [3.05, 3.63) is 54.1 Å². The molecule has 2 amide bonds. The summed E-state index contributed by atoms with van der Waals surface area (Å²) in [6.07, 6.45) is 1.07. The Labute approximate surface area is 147 Å². The number of nitrogens with zero attached hydrogens (tertiary/aromatic N) is 1. The van der Waals surface area contributed by atoms with Crippen LogP contribution in [0.5, 0.6) is 5.75 Å². The third-order valence-electron chi connectivity index (χ3n) is 4.49. The Bertz CT molecular complexity index is 771. The molecule has 0 radical (unpaired) electrons. The van der Waals surface area contributed by atoms with Crippen LogP contribution >= 0.6 is 0 Å². The van der Waals surface area contributed by atoms with Gasteiger partial charge in [-0.2, -0.15) is 0 Å². The molecular weight excluding hydrogens is 316 g/mol. The van der Waals surface area contributed by atoms with Crippen molar-refractivity contribution in [2.45, 2.75) is 26.2 Å². The second-order valence-electron chi connectivity index (χ2n) is 6.22. The summed E-state index contributed by atoms with van der Waals surface area (Å²) in [5.41, 5.74) is 2.60. The first-order valence-electron chi connectivity index (χ1n) is 8.50. The minimum atomic E-state index is -0.235. The number of nitrogens with one attached hydrogen (secondary N) is 1. The lowest BCUT2D eigenvalue weighted by atomic mass is 9.99. The van der Waals surface area contributed by atoms with Crippen molar-refractivity contribution in [3.8, 4) is 5.75 Å². The van der Waals surface area contributed by atoms with E-state index in [9.17, 15) is 9.59 Å². The molecular formula is C20H22N2O3. The summed E-state index contributed by atoms with van der Waals surface area (Å²) in [5, 5.41) is 2.85. The molecule has 5 heteroatoms. The summed E-state index contributed by atoms with van der Waals surface area (Å²) in [4.78, 5) is 25.9. The van der Waals surface area contributed by atoms with Gasteiger partial charge in [0, 0.05) is 5.69 Å². The summed E-state index contributed by atoms with van der Waals surface area (Å²) >= 11 is 0. The highest BCUT2D eigenvalue weighted by Gasteiger charge is 2.26. The number of amides is 2. The minimum Gasteiger partial charge on any atom is -0.482 e. The van der Waals surface area contributed by atoms with Gasteiger partial charge >= 0.3 is 0 Å². The number of rotatable bonds is 5. The smallest absolute Gasteiger partial charge is 0.265 e. The number of para-hydroxylation sites is 2. The van der Waals surface area contributed by atoms with Crippen LogP contribution in [0.3, 0.4) is 0 Å². The maximum atomic E-state index is 12.4. The van der Waals surface area contributed by atoms with Gasteiger partial charge in [-0.25, -0.2) is 0 Å². The molecule has 0 fully saturated rings. The van der Waals surface area contributed by atoms with Crippen LogP contribution in [0.1, 0.15) is 31.7 Å². The predicted molar refractivity (Wildman–Crippen MR) is 98.1 cm³/mol. The highest BCUT2D eigenvalue weighted by molar-refractivity contribution is 6.04. The van der Waals surface area contributed by atoms with Crippen molar-refractivity contribution in [1.29, 1.82) is 0 Å². The van der Waals surface area contributed by atoms with Crippen LogP contribution < -0.4 is 15.0 Å². The number of hydrogen-bond acceptors (Lipinski definition) is 3. The van der Waals surface area contributed by atoms with Crippen LogP contribution in [0.4, 0.5) is 11.4 Å². The number of benzene rings is 2. The third kappa shape index (κ3) is 3.82. The van der Waals surface area contributed by atoms with E-state index in [4.69, 9.17) is 4.74 Å². The number of carbonyl (C=O) groups excluding carboxylic acids is 2. The SMILES string of the molecule is CCC(C)c1ccc(NC(=O)CN2C(=O)COc3ccccc32)cc1. The minimum absolute atomic E-state index is 0.0354. The molecule has 130 valence electrons. The van der Waals surface area contributed by atoms with Gasteiger partial charge in [0.15, 0.2) is 6.61 Å². The first kappa shape index (κ1) is 17.0. The predicted octanol–water partition coefficient (Wildman–Crippen LogP) is 3.56. The fourth-order valence-electron chi connectivity index (χ4n) is 2.80. The molecule has 1 aliphatic rings. The lowest BCUT2D eigenvalue weighted by Crippen LogP contribution is -2.43. The zero-order valence-corrected chi connectivity index (χ0v) is 14.5. The van der Waals surface area contributed by atoms with E-state index in [0.717, 1.165) is 12.1 Å². The Kier molecular flexibility index (Phi) is 5.03. The van der Waals surface area contributed by atoms with Crippen molar-refractivity contribution in [2.75, 3.05) is 23.4 Å². The number of ether oxygens (including phenoxy) is 1. The van der Waals surface area contributed by atoms with Crippen molar-refractivity contribution in [3.63, 3.8) is 0 Å². The third-order valence-corrected chi connectivity index (χ3v) is 4.49. The number of anilines is 2. The lowest BCUT2D eigenvalue weighted by molar-refractivity contribution is -0.123. The lowest BCUT2D eigenvalue weighted by Gasteiger charge is -2.28. The number of hydrogen-bond donors (Lipinski definition) is 1. The summed E-state index contributed by atoms with van der Waals surface area (Å²) in [7, 11) is 0. The normalized spacial score (nSPS) is 14.5. The van der Waals surface area contributed by atoms with E-state index in [1.54, 1.807) is 12.1 Å². The van der Waals surface area contributed by atoms with Crippen LogP contribution in [0.25, 0.3) is 0 Å². The van der Waals surface area contributed by atoms with Gasteiger partial charge in [-0.05, 0) is 42.2 Å². The molecule has 3 rings (SSSR count). The van der Waals surface area contributed by atoms with Crippen molar-refractivity contribution in [1.82, 2.24) is 0 Å². The molecule has 2 aromatic rings. The average Bonchev–Trinajstić information content (AvgIpc) is 2.64. The van der Waals surface area contributed by atoms with E-state index in [0.29, 0.717) is 17.4 Å². The van der Waals surface area contributed by atoms with E-state index in [2.05, 4.69) is 19.2 Å². The molecule has 1 aliphatic heterocycles. The Morgan fingerprint density at radius 1 is 1.20 bits per heavy atom. The Morgan fingerprint density at radius 3 is 2.64 bits per heavy atom. The van der Waals surface area contributed by atoms with Gasteiger partial charge in [0.2, 0.25) is 5.91 Å². The van der Waals surface area contributed by atoms with E-state index in [-0.39, 0.29) is 25.0 Å². The van der Waals surface area contributed by atoms with Gasteiger partial charge < -0.3 is 10.1 Å². The topological polar surface area (TPSA) is 58.6 Å². The van der Waals surface area contributed by atoms with Gasteiger partial charge in [-0.1, -0.05) is 38.1 Å². The molecule has 0 aromatic heterocycles. The molecule has 1 unspecified atom stereocenters. The fourth-order valence-corrected chi connectivity index (χ4v) is 2.80. The van der Waals surface area contributed by atoms with Crippen LogP contribution in [0.15, 0.2) is 48.5 Å². The quantitative estimate of drug-likeness (QED) is 0.907. The molecule has 1 N–H and O–H groups in total. The Hall–Kier alpha value is -2.82. The average molecular weight is 338 g/mol. The summed E-state index contributed by atoms with van der Waals surface area (Å²) in [6.45, 7) is 4.24. The van der Waals surface area contributed by atoms with Crippen molar-refractivity contribution < 1.29 is 14.3 Å². The maximum absolute atomic E-state index is 12.4. The molecule has 25 heavy (non-hydrogen) atoms. The molecule has 1 atom stereocenters. The highest BCUT2D eigenvalue weighted by Crippen LogP contribution is 2.31. The Balaban J connectivity index is 1.67. The van der Waals surface area contributed by atoms with Gasteiger partial charge in [0.25, 0.3) is 5.91 Å². The van der Waals surface area contributed by atoms with Crippen molar-refractivity contribution in [2.24, 2.45) is 0 Å². The molecule has 0 saturated carbocycles. The first-order chi connectivity index (χ1) is 12.1. The Morgan fingerprint density at radius 2 is 1.92 bits per heavy atom. The van der Waals surface area contributed by atoms with Gasteiger partial charge in [0.1, 0.15) is 12.3 Å². The summed E-state index contributed by atoms with van der Waals surface area (Å²) < 4.78 is 5.39. The van der Waals surface area contributed by atoms with E-state index in [1.165, 1.54) is 10.5 Å². The van der Waals surface area contributed by atoms with Gasteiger partial charge in [-0.3, -0.25) is 14.5 Å². The number of fused-ring (bicyclic) bond motifs is 1. The monoisotopic (exact) mass is 338 g/mol. The van der Waals surface area contributed by atoms with E-state index in [1.807, 2.05) is 36.4 Å². The van der Waals surface area contributed by atoms with Crippen LogP contribution in [0, 0.1) is 0 Å². The van der Waals surface area contributed by atoms with Gasteiger partial charge in [-0.15, -0.1) is 0 Å². The van der Waals surface area contributed by atoms with Crippen molar-refractivity contribution >= 4 is 23.2 Å². The largest absolute Gasteiger partial charge is 0.482 e. The zero-order valence-electron chi connectivity index (χ0n) is 14.5. The molecule has 0 aliphatic carbocycles. The van der Waals surface area contributed by atoms with Crippen LogP contribution in [-0.4, -0.2) is 25.0 Å². The molecule has 0 bridgehead atoms. The molecule has 1 heterocycles. The molecule has 0 saturated heterocycles. The molecule has 5 nitrogen and oxygen atoms in total. The van der Waals surface area contributed by atoms with Crippen LogP contribution in [-0.2, 0) is 9.59 Å².